The molecular formula is C19H23NO5S. The van der Waals surface area contributed by atoms with Crippen LogP contribution in [-0.4, -0.2) is 44.2 Å². The van der Waals surface area contributed by atoms with Crippen LogP contribution in [0.15, 0.2) is 36.4 Å². The van der Waals surface area contributed by atoms with Crippen molar-refractivity contribution in [2.45, 2.75) is 20.4 Å². The first-order chi connectivity index (χ1) is 12.3. The number of aryl methyl sites for hydroxylation is 2. The van der Waals surface area contributed by atoms with Crippen LogP contribution >= 0.6 is 0 Å². The third-order valence-electron chi connectivity index (χ3n) is 4.55. The number of hydrogen-bond donors (Lipinski definition) is 1. The average molecular weight is 377 g/mol. The summed E-state index contributed by atoms with van der Waals surface area (Å²) in [6.07, 6.45) is 0. The molecule has 1 heterocycles. The van der Waals surface area contributed by atoms with Gasteiger partial charge in [0.25, 0.3) is 0 Å². The minimum atomic E-state index is -4.58. The predicted octanol–water partition coefficient (Wildman–Crippen LogP) is 2.98. The van der Waals surface area contributed by atoms with Crippen LogP contribution < -0.4 is 4.18 Å². The molecule has 0 bridgehead atoms. The first-order valence-electron chi connectivity index (χ1n) is 8.50. The summed E-state index contributed by atoms with van der Waals surface area (Å²) in [4.78, 5) is 2.36. The van der Waals surface area contributed by atoms with Gasteiger partial charge in [0.05, 0.1) is 13.2 Å². The lowest BCUT2D eigenvalue weighted by atomic mass is 9.94. The van der Waals surface area contributed by atoms with Crippen LogP contribution in [-0.2, 0) is 21.7 Å². The number of benzene rings is 2. The van der Waals surface area contributed by atoms with Crippen molar-refractivity contribution in [2.24, 2.45) is 0 Å². The molecule has 1 N–H and O–H groups in total. The van der Waals surface area contributed by atoms with Gasteiger partial charge in [-0.25, -0.2) is 0 Å². The Morgan fingerprint density at radius 2 is 1.77 bits per heavy atom. The van der Waals surface area contributed by atoms with Gasteiger partial charge in [-0.3, -0.25) is 9.45 Å². The molecule has 26 heavy (non-hydrogen) atoms. The van der Waals surface area contributed by atoms with Crippen molar-refractivity contribution < 1.29 is 21.9 Å². The summed E-state index contributed by atoms with van der Waals surface area (Å²) in [5.74, 6) is 0.110. The Morgan fingerprint density at radius 3 is 2.46 bits per heavy atom. The average Bonchev–Trinajstić information content (AvgIpc) is 2.58. The maximum absolute atomic E-state index is 11.1. The summed E-state index contributed by atoms with van der Waals surface area (Å²) in [6, 6.07) is 11.0. The number of para-hydroxylation sites is 1. The smallest absolute Gasteiger partial charge is 0.379 e. The monoisotopic (exact) mass is 377 g/mol. The largest absolute Gasteiger partial charge is 0.446 e. The summed E-state index contributed by atoms with van der Waals surface area (Å²) >= 11 is 0. The molecule has 1 fully saturated rings. The van der Waals surface area contributed by atoms with E-state index in [1.54, 1.807) is 12.1 Å². The SMILES string of the molecule is Cc1cc(-c2ccccc2OS(=O)(=O)O)c(C)cc1CN1CCOCC1. The minimum absolute atomic E-state index is 0.110. The van der Waals surface area contributed by atoms with Crippen LogP contribution in [0.3, 0.4) is 0 Å². The van der Waals surface area contributed by atoms with Crippen LogP contribution in [0.1, 0.15) is 16.7 Å². The van der Waals surface area contributed by atoms with Crippen LogP contribution in [0.25, 0.3) is 11.1 Å². The molecule has 0 radical (unpaired) electrons. The van der Waals surface area contributed by atoms with Gasteiger partial charge in [-0.05, 0) is 42.2 Å². The van der Waals surface area contributed by atoms with E-state index in [1.807, 2.05) is 26.0 Å². The lowest BCUT2D eigenvalue weighted by Crippen LogP contribution is -2.35. The second kappa shape index (κ2) is 7.75. The van der Waals surface area contributed by atoms with Gasteiger partial charge < -0.3 is 8.92 Å². The van der Waals surface area contributed by atoms with Gasteiger partial charge >= 0.3 is 10.4 Å². The highest BCUT2D eigenvalue weighted by Crippen LogP contribution is 2.34. The number of ether oxygens (including phenoxy) is 1. The summed E-state index contributed by atoms with van der Waals surface area (Å²) in [7, 11) is -4.58. The van der Waals surface area contributed by atoms with Gasteiger partial charge in [0.1, 0.15) is 0 Å². The fourth-order valence-electron chi connectivity index (χ4n) is 3.21. The van der Waals surface area contributed by atoms with Gasteiger partial charge in [0.15, 0.2) is 5.75 Å². The molecular weight excluding hydrogens is 354 g/mol. The van der Waals surface area contributed by atoms with E-state index in [0.29, 0.717) is 5.56 Å². The maximum atomic E-state index is 11.1. The highest BCUT2D eigenvalue weighted by molar-refractivity contribution is 7.81. The molecule has 0 atom stereocenters. The van der Waals surface area contributed by atoms with Crippen LogP contribution in [0.5, 0.6) is 5.75 Å². The number of nitrogens with zero attached hydrogens (tertiary/aromatic N) is 1. The van der Waals surface area contributed by atoms with E-state index in [0.717, 1.165) is 49.5 Å². The number of rotatable bonds is 5. The summed E-state index contributed by atoms with van der Waals surface area (Å²) < 4.78 is 41.4. The molecule has 0 amide bonds. The zero-order valence-electron chi connectivity index (χ0n) is 14.9. The molecule has 0 saturated carbocycles. The van der Waals surface area contributed by atoms with E-state index < -0.39 is 10.4 Å². The Bertz CT molecular complexity index is 889. The molecule has 1 aliphatic rings. The third kappa shape index (κ3) is 4.62. The zero-order chi connectivity index (χ0) is 18.7. The van der Waals surface area contributed by atoms with Gasteiger partial charge in [0, 0.05) is 25.2 Å². The molecule has 1 aliphatic heterocycles. The van der Waals surface area contributed by atoms with Crippen molar-refractivity contribution in [3.8, 4) is 16.9 Å². The van der Waals surface area contributed by atoms with E-state index in [4.69, 9.17) is 13.5 Å². The van der Waals surface area contributed by atoms with E-state index >= 15 is 0 Å². The van der Waals surface area contributed by atoms with Crippen molar-refractivity contribution in [3.05, 3.63) is 53.1 Å². The molecule has 0 aromatic heterocycles. The standard InChI is InChI=1S/C19H23NO5S/c1-14-12-18(17-5-3-4-6-19(17)25-26(21,22)23)15(2)11-16(14)13-20-7-9-24-10-8-20/h3-6,11-12H,7-10,13H2,1-2H3,(H,21,22,23). The fourth-order valence-corrected chi connectivity index (χ4v) is 3.58. The van der Waals surface area contributed by atoms with Crippen LogP contribution in [0, 0.1) is 13.8 Å². The topological polar surface area (TPSA) is 76.1 Å². The third-order valence-corrected chi connectivity index (χ3v) is 4.94. The first-order valence-corrected chi connectivity index (χ1v) is 9.86. The van der Waals surface area contributed by atoms with E-state index in [2.05, 4.69) is 11.0 Å². The highest BCUT2D eigenvalue weighted by atomic mass is 32.3. The molecule has 2 aromatic rings. The Labute approximate surface area is 154 Å². The van der Waals surface area contributed by atoms with Crippen molar-refractivity contribution in [3.63, 3.8) is 0 Å². The van der Waals surface area contributed by atoms with Crippen molar-refractivity contribution in [1.29, 1.82) is 0 Å². The van der Waals surface area contributed by atoms with Crippen LogP contribution in [0.4, 0.5) is 0 Å². The van der Waals surface area contributed by atoms with Gasteiger partial charge in [-0.15, -0.1) is 0 Å². The molecule has 7 heteroatoms. The first kappa shape index (κ1) is 18.8. The fraction of sp³-hybridized carbons (Fsp3) is 0.368. The van der Waals surface area contributed by atoms with Gasteiger partial charge in [-0.2, -0.15) is 8.42 Å². The Hall–Kier alpha value is -1.93. The van der Waals surface area contributed by atoms with E-state index in [-0.39, 0.29) is 5.75 Å². The van der Waals surface area contributed by atoms with E-state index in [9.17, 15) is 8.42 Å². The Morgan fingerprint density at radius 1 is 1.08 bits per heavy atom. The molecule has 0 spiro atoms. The zero-order valence-corrected chi connectivity index (χ0v) is 15.8. The second-order valence-electron chi connectivity index (χ2n) is 6.49. The minimum Gasteiger partial charge on any atom is -0.379 e. The maximum Gasteiger partial charge on any atom is 0.446 e. The Balaban J connectivity index is 1.93. The van der Waals surface area contributed by atoms with Crippen LogP contribution in [0.2, 0.25) is 0 Å². The normalized spacial score (nSPS) is 15.8. The molecule has 140 valence electrons. The molecule has 1 saturated heterocycles. The quantitative estimate of drug-likeness (QED) is 0.808. The van der Waals surface area contributed by atoms with Gasteiger partial charge in [0.2, 0.25) is 0 Å². The molecule has 0 aliphatic carbocycles. The summed E-state index contributed by atoms with van der Waals surface area (Å²) in [5, 5.41) is 0. The van der Waals surface area contributed by atoms with Crippen molar-refractivity contribution in [2.75, 3.05) is 26.3 Å². The molecule has 6 nitrogen and oxygen atoms in total. The summed E-state index contributed by atoms with van der Waals surface area (Å²) in [5.41, 5.74) is 4.89. The summed E-state index contributed by atoms with van der Waals surface area (Å²) in [6.45, 7) is 8.26. The lowest BCUT2D eigenvalue weighted by Gasteiger charge is -2.27. The highest BCUT2D eigenvalue weighted by Gasteiger charge is 2.17. The van der Waals surface area contributed by atoms with Crippen molar-refractivity contribution >= 4 is 10.4 Å². The number of morpholine rings is 1. The number of hydrogen-bond acceptors (Lipinski definition) is 5. The van der Waals surface area contributed by atoms with Gasteiger partial charge in [-0.1, -0.05) is 30.3 Å². The molecule has 2 aromatic carbocycles. The molecule has 0 unspecified atom stereocenters. The van der Waals surface area contributed by atoms with E-state index in [1.165, 1.54) is 11.6 Å². The predicted molar refractivity (Wildman–Crippen MR) is 99.6 cm³/mol. The second-order valence-corrected chi connectivity index (χ2v) is 7.51. The Kier molecular flexibility index (Phi) is 5.62. The molecule has 3 rings (SSSR count). The van der Waals surface area contributed by atoms with Crippen molar-refractivity contribution in [1.82, 2.24) is 4.90 Å². The lowest BCUT2D eigenvalue weighted by molar-refractivity contribution is 0.0341.